The molecule has 2 rings (SSSR count). The van der Waals surface area contributed by atoms with E-state index < -0.39 is 34.9 Å². The van der Waals surface area contributed by atoms with E-state index in [1.807, 2.05) is 0 Å². The van der Waals surface area contributed by atoms with Gasteiger partial charge in [0.15, 0.2) is 0 Å². The summed E-state index contributed by atoms with van der Waals surface area (Å²) in [5.41, 5.74) is 5.67. The first kappa shape index (κ1) is 23.7. The largest absolute Gasteiger partial charge is 0.350 e. The number of hydrogen-bond donors (Lipinski definition) is 2. The lowest BCUT2D eigenvalue weighted by molar-refractivity contribution is -0.122. The first-order valence-electron chi connectivity index (χ1n) is 8.68. The number of piperidine rings is 1. The molecular weight excluding hydrogens is 400 g/mol. The third-order valence-corrected chi connectivity index (χ3v) is 6.27. The Morgan fingerprint density at radius 3 is 2.30 bits per heavy atom. The van der Waals surface area contributed by atoms with E-state index in [0.29, 0.717) is 19.5 Å². The molecule has 1 fully saturated rings. The lowest BCUT2D eigenvalue weighted by Crippen LogP contribution is -2.41. The number of aryl methyl sites for hydroxylation is 1. The molecule has 27 heavy (non-hydrogen) atoms. The third-order valence-electron chi connectivity index (χ3n) is 4.36. The van der Waals surface area contributed by atoms with Gasteiger partial charge in [0.2, 0.25) is 15.9 Å². The van der Waals surface area contributed by atoms with Crippen LogP contribution in [0.15, 0.2) is 29.2 Å². The van der Waals surface area contributed by atoms with Crippen LogP contribution in [-0.4, -0.2) is 50.7 Å². The van der Waals surface area contributed by atoms with E-state index in [9.17, 15) is 22.0 Å². The molecule has 3 N–H and O–H groups in total. The number of nitrogens with two attached hydrogens (primary N) is 1. The highest BCUT2D eigenvalue weighted by molar-refractivity contribution is 7.89. The minimum Gasteiger partial charge on any atom is -0.350 e. The molecule has 1 aromatic rings. The maximum absolute atomic E-state index is 13.0. The number of carbonyl (C=O) groups is 1. The number of nitrogens with one attached hydrogen (secondary N) is 1. The number of carbonyl (C=O) groups excluding carboxylic acids is 1. The molecule has 0 spiro atoms. The molecule has 0 bridgehead atoms. The standard InChI is InChI=1S/C17H25F2N3O3S.ClH/c18-17(19,12-20)13-21-16(23)9-6-14-4-7-15(8-5-14)26(24,25)22-10-2-1-3-11-22;/h4-5,7-8H,1-3,6,9-13,20H2,(H,21,23);1H. The Labute approximate surface area is 164 Å². The Hall–Kier alpha value is -1.29. The van der Waals surface area contributed by atoms with E-state index >= 15 is 0 Å². The summed E-state index contributed by atoms with van der Waals surface area (Å²) in [5.74, 6) is -3.61. The average molecular weight is 426 g/mol. The monoisotopic (exact) mass is 425 g/mol. The fourth-order valence-electron chi connectivity index (χ4n) is 2.73. The summed E-state index contributed by atoms with van der Waals surface area (Å²) in [7, 11) is -3.48. The van der Waals surface area contributed by atoms with Gasteiger partial charge in [-0.3, -0.25) is 4.79 Å². The molecule has 0 atom stereocenters. The molecule has 1 aliphatic rings. The fraction of sp³-hybridized carbons (Fsp3) is 0.588. The van der Waals surface area contributed by atoms with Crippen molar-refractivity contribution in [2.75, 3.05) is 26.2 Å². The van der Waals surface area contributed by atoms with Crippen molar-refractivity contribution < 1.29 is 22.0 Å². The second kappa shape index (κ2) is 10.3. The van der Waals surface area contributed by atoms with Gasteiger partial charge in [-0.15, -0.1) is 12.4 Å². The summed E-state index contributed by atoms with van der Waals surface area (Å²) in [6.45, 7) is -0.523. The van der Waals surface area contributed by atoms with Crippen LogP contribution in [0.4, 0.5) is 8.78 Å². The van der Waals surface area contributed by atoms with Crippen molar-refractivity contribution in [3.05, 3.63) is 29.8 Å². The van der Waals surface area contributed by atoms with Crippen LogP contribution in [0.1, 0.15) is 31.2 Å². The smallest absolute Gasteiger partial charge is 0.277 e. The number of alkyl halides is 2. The second-order valence-electron chi connectivity index (χ2n) is 6.45. The zero-order valence-electron chi connectivity index (χ0n) is 15.0. The van der Waals surface area contributed by atoms with Crippen molar-refractivity contribution in [3.63, 3.8) is 0 Å². The molecule has 1 amide bonds. The van der Waals surface area contributed by atoms with Gasteiger partial charge in [0.05, 0.1) is 18.0 Å². The van der Waals surface area contributed by atoms with E-state index in [1.165, 1.54) is 16.4 Å². The van der Waals surface area contributed by atoms with E-state index in [2.05, 4.69) is 5.32 Å². The molecule has 154 valence electrons. The predicted molar refractivity (Wildman–Crippen MR) is 102 cm³/mol. The minimum atomic E-state index is -3.48. The number of amides is 1. The highest BCUT2D eigenvalue weighted by Crippen LogP contribution is 2.21. The summed E-state index contributed by atoms with van der Waals surface area (Å²) in [6, 6.07) is 6.36. The van der Waals surface area contributed by atoms with Gasteiger partial charge >= 0.3 is 0 Å². The van der Waals surface area contributed by atoms with Crippen LogP contribution < -0.4 is 11.1 Å². The van der Waals surface area contributed by atoms with Crippen LogP contribution in [0.3, 0.4) is 0 Å². The number of hydrogen-bond acceptors (Lipinski definition) is 4. The van der Waals surface area contributed by atoms with Crippen LogP contribution >= 0.6 is 12.4 Å². The van der Waals surface area contributed by atoms with E-state index in [-0.39, 0.29) is 23.7 Å². The van der Waals surface area contributed by atoms with E-state index in [1.54, 1.807) is 12.1 Å². The lowest BCUT2D eigenvalue weighted by Gasteiger charge is -2.25. The summed E-state index contributed by atoms with van der Waals surface area (Å²) in [4.78, 5) is 11.9. The van der Waals surface area contributed by atoms with Crippen molar-refractivity contribution >= 4 is 28.3 Å². The minimum absolute atomic E-state index is 0. The topological polar surface area (TPSA) is 92.5 Å². The maximum Gasteiger partial charge on any atom is 0.277 e. The van der Waals surface area contributed by atoms with Crippen molar-refractivity contribution in [2.45, 2.75) is 42.9 Å². The Morgan fingerprint density at radius 1 is 1.15 bits per heavy atom. The number of halogens is 3. The molecule has 1 aromatic carbocycles. The zero-order chi connectivity index (χ0) is 19.2. The van der Waals surface area contributed by atoms with Crippen molar-refractivity contribution in [2.24, 2.45) is 5.73 Å². The van der Waals surface area contributed by atoms with Crippen molar-refractivity contribution in [1.82, 2.24) is 9.62 Å². The molecule has 0 aromatic heterocycles. The van der Waals surface area contributed by atoms with Gasteiger partial charge in [0.1, 0.15) is 0 Å². The quantitative estimate of drug-likeness (QED) is 0.665. The Bertz CT molecular complexity index is 709. The first-order valence-corrected chi connectivity index (χ1v) is 10.1. The van der Waals surface area contributed by atoms with Gasteiger partial charge < -0.3 is 11.1 Å². The molecular formula is C17H26ClF2N3O3S. The highest BCUT2D eigenvalue weighted by Gasteiger charge is 2.27. The number of rotatable bonds is 8. The SMILES string of the molecule is Cl.NCC(F)(F)CNC(=O)CCc1ccc(S(=O)(=O)N2CCCCC2)cc1. The van der Waals surface area contributed by atoms with Gasteiger partial charge in [0.25, 0.3) is 5.92 Å². The maximum atomic E-state index is 13.0. The van der Waals surface area contributed by atoms with Crippen LogP contribution in [0.2, 0.25) is 0 Å². The summed E-state index contributed by atoms with van der Waals surface area (Å²) in [6.07, 6.45) is 3.17. The lowest BCUT2D eigenvalue weighted by atomic mass is 10.1. The van der Waals surface area contributed by atoms with Gasteiger partial charge in [0, 0.05) is 19.5 Å². The summed E-state index contributed by atoms with van der Waals surface area (Å²) < 4.78 is 52.6. The van der Waals surface area contributed by atoms with Crippen LogP contribution in [-0.2, 0) is 21.2 Å². The number of nitrogens with zero attached hydrogens (tertiary/aromatic N) is 1. The second-order valence-corrected chi connectivity index (χ2v) is 8.38. The normalized spacial score (nSPS) is 15.8. The Morgan fingerprint density at radius 2 is 1.74 bits per heavy atom. The Balaban J connectivity index is 0.00000364. The number of sulfonamides is 1. The molecule has 0 aliphatic carbocycles. The van der Waals surface area contributed by atoms with Crippen LogP contribution in [0.5, 0.6) is 0 Å². The molecule has 0 radical (unpaired) electrons. The molecule has 0 saturated carbocycles. The zero-order valence-corrected chi connectivity index (χ0v) is 16.6. The molecule has 6 nitrogen and oxygen atoms in total. The van der Waals surface area contributed by atoms with Gasteiger partial charge in [-0.25, -0.2) is 17.2 Å². The molecule has 1 heterocycles. The first-order chi connectivity index (χ1) is 12.2. The predicted octanol–water partition coefficient (Wildman–Crippen LogP) is 1.93. The van der Waals surface area contributed by atoms with E-state index in [4.69, 9.17) is 5.73 Å². The van der Waals surface area contributed by atoms with Gasteiger partial charge in [-0.2, -0.15) is 4.31 Å². The van der Waals surface area contributed by atoms with Crippen molar-refractivity contribution in [3.8, 4) is 0 Å². The molecule has 1 aliphatic heterocycles. The third kappa shape index (κ3) is 6.99. The fourth-order valence-corrected chi connectivity index (χ4v) is 4.25. The van der Waals surface area contributed by atoms with Crippen molar-refractivity contribution in [1.29, 1.82) is 0 Å². The molecule has 0 unspecified atom stereocenters. The Kier molecular flexibility index (Phi) is 9.07. The number of benzene rings is 1. The summed E-state index contributed by atoms with van der Waals surface area (Å²) in [5, 5.41) is 2.15. The summed E-state index contributed by atoms with van der Waals surface area (Å²) >= 11 is 0. The van der Waals surface area contributed by atoms with E-state index in [0.717, 1.165) is 24.8 Å². The highest BCUT2D eigenvalue weighted by atomic mass is 35.5. The average Bonchev–Trinajstić information content (AvgIpc) is 2.66. The van der Waals surface area contributed by atoms with Gasteiger partial charge in [-0.05, 0) is 37.0 Å². The van der Waals surface area contributed by atoms with Gasteiger partial charge in [-0.1, -0.05) is 18.6 Å². The molecule has 1 saturated heterocycles. The van der Waals surface area contributed by atoms with Crippen LogP contribution in [0.25, 0.3) is 0 Å². The van der Waals surface area contributed by atoms with Crippen LogP contribution in [0, 0.1) is 0 Å². The molecule has 10 heteroatoms.